The third-order valence-corrected chi connectivity index (χ3v) is 3.18. The minimum Gasteiger partial charge on any atom is -0.395 e. The van der Waals surface area contributed by atoms with Crippen LogP contribution in [0.3, 0.4) is 0 Å². The SMILES string of the molecule is CCCCN(CCO)CC(C)(C)CS. The minimum absolute atomic E-state index is 0.242. The van der Waals surface area contributed by atoms with Crippen molar-refractivity contribution in [2.75, 3.05) is 32.0 Å². The fraction of sp³-hybridized carbons (Fsp3) is 1.00. The summed E-state index contributed by atoms with van der Waals surface area (Å²) in [4.78, 5) is 2.33. The van der Waals surface area contributed by atoms with Crippen molar-refractivity contribution < 1.29 is 5.11 Å². The monoisotopic (exact) mass is 219 g/mol. The first kappa shape index (κ1) is 14.3. The summed E-state index contributed by atoms with van der Waals surface area (Å²) in [6.45, 7) is 9.79. The molecule has 0 aliphatic carbocycles. The smallest absolute Gasteiger partial charge is 0.0558 e. The molecule has 1 N–H and O–H groups in total. The highest BCUT2D eigenvalue weighted by Gasteiger charge is 2.19. The highest BCUT2D eigenvalue weighted by atomic mass is 32.1. The van der Waals surface area contributed by atoms with Crippen molar-refractivity contribution in [3.8, 4) is 0 Å². The lowest BCUT2D eigenvalue weighted by molar-refractivity contribution is 0.152. The maximum Gasteiger partial charge on any atom is 0.0558 e. The molecule has 86 valence electrons. The Labute approximate surface area is 94.1 Å². The van der Waals surface area contributed by atoms with E-state index >= 15 is 0 Å². The molecule has 2 nitrogen and oxygen atoms in total. The first-order chi connectivity index (χ1) is 6.55. The molecule has 0 aliphatic heterocycles. The summed E-state index contributed by atoms with van der Waals surface area (Å²) in [7, 11) is 0. The van der Waals surface area contributed by atoms with Crippen molar-refractivity contribution in [1.82, 2.24) is 4.90 Å². The van der Waals surface area contributed by atoms with Gasteiger partial charge in [-0.05, 0) is 24.1 Å². The summed E-state index contributed by atoms with van der Waals surface area (Å²) in [6, 6.07) is 0. The van der Waals surface area contributed by atoms with Crippen molar-refractivity contribution in [2.45, 2.75) is 33.6 Å². The van der Waals surface area contributed by atoms with Gasteiger partial charge in [0.15, 0.2) is 0 Å². The van der Waals surface area contributed by atoms with E-state index in [1.165, 1.54) is 12.8 Å². The van der Waals surface area contributed by atoms with Gasteiger partial charge in [0.05, 0.1) is 6.61 Å². The lowest BCUT2D eigenvalue weighted by Gasteiger charge is -2.31. The van der Waals surface area contributed by atoms with E-state index in [4.69, 9.17) is 5.11 Å². The van der Waals surface area contributed by atoms with Crippen LogP contribution >= 0.6 is 12.6 Å². The maximum atomic E-state index is 8.94. The van der Waals surface area contributed by atoms with Gasteiger partial charge in [-0.1, -0.05) is 27.2 Å². The molecular weight excluding hydrogens is 194 g/mol. The van der Waals surface area contributed by atoms with Crippen LogP contribution < -0.4 is 0 Å². The first-order valence-corrected chi connectivity index (χ1v) is 6.13. The molecule has 0 aromatic heterocycles. The third-order valence-electron chi connectivity index (χ3n) is 2.32. The predicted molar refractivity (Wildman–Crippen MR) is 66.1 cm³/mol. The summed E-state index contributed by atoms with van der Waals surface area (Å²) < 4.78 is 0. The molecule has 0 rings (SSSR count). The van der Waals surface area contributed by atoms with Crippen LogP contribution in [0.5, 0.6) is 0 Å². The highest BCUT2D eigenvalue weighted by Crippen LogP contribution is 2.18. The van der Waals surface area contributed by atoms with Crippen LogP contribution in [0.2, 0.25) is 0 Å². The van der Waals surface area contributed by atoms with Gasteiger partial charge in [-0.3, -0.25) is 0 Å². The van der Waals surface area contributed by atoms with E-state index in [0.29, 0.717) is 0 Å². The van der Waals surface area contributed by atoms with E-state index in [1.54, 1.807) is 0 Å². The average molecular weight is 219 g/mol. The van der Waals surface area contributed by atoms with Crippen molar-refractivity contribution in [3.63, 3.8) is 0 Å². The minimum atomic E-state index is 0.242. The van der Waals surface area contributed by atoms with Crippen LogP contribution in [-0.2, 0) is 0 Å². The molecule has 0 aromatic rings. The fourth-order valence-electron chi connectivity index (χ4n) is 1.45. The zero-order valence-electron chi connectivity index (χ0n) is 9.79. The molecule has 0 radical (unpaired) electrons. The molecule has 0 amide bonds. The van der Waals surface area contributed by atoms with Gasteiger partial charge in [-0.15, -0.1) is 0 Å². The van der Waals surface area contributed by atoms with Gasteiger partial charge < -0.3 is 10.0 Å². The van der Waals surface area contributed by atoms with Crippen molar-refractivity contribution in [1.29, 1.82) is 0 Å². The molecule has 0 atom stereocenters. The Morgan fingerprint density at radius 2 is 1.93 bits per heavy atom. The summed E-state index contributed by atoms with van der Waals surface area (Å²) in [5.74, 6) is 0.890. The van der Waals surface area contributed by atoms with E-state index in [-0.39, 0.29) is 12.0 Å². The number of thiol groups is 1. The van der Waals surface area contributed by atoms with Crippen molar-refractivity contribution in [3.05, 3.63) is 0 Å². The Balaban J connectivity index is 3.94. The Bertz CT molecular complexity index is 139. The Hall–Kier alpha value is 0.270. The Morgan fingerprint density at radius 3 is 2.36 bits per heavy atom. The van der Waals surface area contributed by atoms with E-state index < -0.39 is 0 Å². The van der Waals surface area contributed by atoms with Crippen LogP contribution in [-0.4, -0.2) is 42.0 Å². The molecule has 0 saturated carbocycles. The Kier molecular flexibility index (Phi) is 7.69. The molecule has 0 spiro atoms. The number of unbranched alkanes of at least 4 members (excludes halogenated alkanes) is 1. The molecule has 0 aliphatic rings. The molecule has 0 fully saturated rings. The number of aliphatic hydroxyl groups is 1. The summed E-state index contributed by atoms with van der Waals surface area (Å²) >= 11 is 4.35. The van der Waals surface area contributed by atoms with Gasteiger partial charge >= 0.3 is 0 Å². The largest absolute Gasteiger partial charge is 0.395 e. The second-order valence-corrected chi connectivity index (χ2v) is 4.99. The number of hydrogen-bond donors (Lipinski definition) is 2. The van der Waals surface area contributed by atoms with Crippen molar-refractivity contribution in [2.24, 2.45) is 5.41 Å². The highest BCUT2D eigenvalue weighted by molar-refractivity contribution is 7.80. The fourth-order valence-corrected chi connectivity index (χ4v) is 1.55. The molecule has 0 unspecified atom stereocenters. The summed E-state index contributed by atoms with van der Waals surface area (Å²) in [6.07, 6.45) is 2.42. The Morgan fingerprint density at radius 1 is 1.29 bits per heavy atom. The predicted octanol–water partition coefficient (Wildman–Crippen LogP) is 2.04. The van der Waals surface area contributed by atoms with E-state index in [0.717, 1.165) is 25.4 Å². The van der Waals surface area contributed by atoms with Gasteiger partial charge in [-0.25, -0.2) is 0 Å². The average Bonchev–Trinajstić information content (AvgIpc) is 2.14. The van der Waals surface area contributed by atoms with Gasteiger partial charge in [0.2, 0.25) is 0 Å². The number of nitrogens with zero attached hydrogens (tertiary/aromatic N) is 1. The summed E-state index contributed by atoms with van der Waals surface area (Å²) in [5.41, 5.74) is 0.242. The molecule has 0 saturated heterocycles. The summed E-state index contributed by atoms with van der Waals surface area (Å²) in [5, 5.41) is 8.94. The van der Waals surface area contributed by atoms with Gasteiger partial charge in [-0.2, -0.15) is 12.6 Å². The molecular formula is C11H25NOS. The molecule has 0 heterocycles. The number of aliphatic hydroxyl groups excluding tert-OH is 1. The van der Waals surface area contributed by atoms with Crippen molar-refractivity contribution >= 4 is 12.6 Å². The quantitative estimate of drug-likeness (QED) is 0.610. The van der Waals surface area contributed by atoms with Crippen LogP contribution in [0.4, 0.5) is 0 Å². The second kappa shape index (κ2) is 7.55. The zero-order valence-corrected chi connectivity index (χ0v) is 10.7. The molecule has 0 bridgehead atoms. The van der Waals surface area contributed by atoms with Crippen LogP contribution in [0.25, 0.3) is 0 Å². The zero-order chi connectivity index (χ0) is 11.0. The lowest BCUT2D eigenvalue weighted by atomic mass is 9.95. The lowest BCUT2D eigenvalue weighted by Crippen LogP contribution is -2.37. The van der Waals surface area contributed by atoms with Crippen LogP contribution in [0.15, 0.2) is 0 Å². The molecule has 3 heteroatoms. The maximum absolute atomic E-state index is 8.94. The third kappa shape index (κ3) is 6.68. The van der Waals surface area contributed by atoms with E-state index in [9.17, 15) is 0 Å². The normalized spacial score (nSPS) is 12.4. The standard InChI is InChI=1S/C11H25NOS/c1-4-5-6-12(7-8-13)9-11(2,3)10-14/h13-14H,4-10H2,1-3H3. The first-order valence-electron chi connectivity index (χ1n) is 5.50. The molecule has 0 aromatic carbocycles. The topological polar surface area (TPSA) is 23.5 Å². The van der Waals surface area contributed by atoms with Gasteiger partial charge in [0, 0.05) is 13.1 Å². The molecule has 14 heavy (non-hydrogen) atoms. The number of hydrogen-bond acceptors (Lipinski definition) is 3. The van der Waals surface area contributed by atoms with Crippen LogP contribution in [0, 0.1) is 5.41 Å². The number of rotatable bonds is 8. The van der Waals surface area contributed by atoms with Crippen LogP contribution in [0.1, 0.15) is 33.6 Å². The van der Waals surface area contributed by atoms with Gasteiger partial charge in [0.1, 0.15) is 0 Å². The van der Waals surface area contributed by atoms with Gasteiger partial charge in [0.25, 0.3) is 0 Å². The van der Waals surface area contributed by atoms with E-state index in [1.807, 2.05) is 0 Å². The second-order valence-electron chi connectivity index (χ2n) is 4.68. The van der Waals surface area contributed by atoms with E-state index in [2.05, 4.69) is 38.3 Å².